The van der Waals surface area contributed by atoms with Crippen molar-refractivity contribution in [3.8, 4) is 11.5 Å². The maximum atomic E-state index is 14.0. The van der Waals surface area contributed by atoms with Gasteiger partial charge in [0.05, 0.1) is 18.8 Å². The standard InChI is InChI=1S/C29H38N2O7S2/c1-28(2)22-9-10-29(28,26(32)15-22)19-40(34,35)31(11-5-12-36-3)18-27(33)30(17-23-6-4-13-39-23)16-21-7-8-24-25(14-21)38-20-37-24/h4,6-8,13-14,22H,5,9-12,15-20H2,1-3H3. The van der Waals surface area contributed by atoms with Gasteiger partial charge in [-0.1, -0.05) is 26.0 Å². The van der Waals surface area contributed by atoms with Crippen molar-refractivity contribution in [2.45, 2.75) is 52.6 Å². The summed E-state index contributed by atoms with van der Waals surface area (Å²) in [4.78, 5) is 29.7. The van der Waals surface area contributed by atoms with Gasteiger partial charge in [-0.25, -0.2) is 8.42 Å². The van der Waals surface area contributed by atoms with Crippen LogP contribution in [0.4, 0.5) is 0 Å². The van der Waals surface area contributed by atoms with E-state index in [-0.39, 0.29) is 55.2 Å². The fourth-order valence-electron chi connectivity index (χ4n) is 6.55. The summed E-state index contributed by atoms with van der Waals surface area (Å²) in [6, 6.07) is 9.45. The maximum Gasteiger partial charge on any atom is 0.238 e. The van der Waals surface area contributed by atoms with Crippen LogP contribution in [0.5, 0.6) is 11.5 Å². The molecule has 1 aromatic heterocycles. The van der Waals surface area contributed by atoms with Crippen molar-refractivity contribution in [2.75, 3.05) is 39.4 Å². The van der Waals surface area contributed by atoms with Crippen molar-refractivity contribution in [1.29, 1.82) is 0 Å². The quantitative estimate of drug-likeness (QED) is 0.324. The summed E-state index contributed by atoms with van der Waals surface area (Å²) >= 11 is 1.54. The molecule has 2 bridgehead atoms. The Morgan fingerprint density at radius 3 is 2.65 bits per heavy atom. The number of ether oxygens (including phenoxy) is 3. The smallest absolute Gasteiger partial charge is 0.238 e. The lowest BCUT2D eigenvalue weighted by molar-refractivity contribution is -0.132. The highest BCUT2D eigenvalue weighted by molar-refractivity contribution is 7.89. The van der Waals surface area contributed by atoms with E-state index in [0.717, 1.165) is 16.9 Å². The van der Waals surface area contributed by atoms with E-state index >= 15 is 0 Å². The van der Waals surface area contributed by atoms with E-state index in [2.05, 4.69) is 0 Å². The number of carbonyl (C=O) groups excluding carboxylic acids is 2. The first kappa shape index (κ1) is 29.0. The highest BCUT2D eigenvalue weighted by Crippen LogP contribution is 2.64. The molecule has 0 radical (unpaired) electrons. The minimum absolute atomic E-state index is 0.0441. The van der Waals surface area contributed by atoms with E-state index in [1.807, 2.05) is 49.6 Å². The Kier molecular flexibility index (Phi) is 8.29. The Morgan fingerprint density at radius 2 is 1.98 bits per heavy atom. The van der Waals surface area contributed by atoms with Crippen molar-refractivity contribution >= 4 is 33.1 Å². The Hall–Kier alpha value is -2.47. The van der Waals surface area contributed by atoms with E-state index in [9.17, 15) is 18.0 Å². The van der Waals surface area contributed by atoms with Crippen LogP contribution in [0.1, 0.15) is 50.0 Å². The van der Waals surface area contributed by atoms with Crippen molar-refractivity contribution < 1.29 is 32.2 Å². The fraction of sp³-hybridized carbons (Fsp3) is 0.586. The number of sulfonamides is 1. The molecule has 2 aliphatic carbocycles. The monoisotopic (exact) mass is 590 g/mol. The van der Waals surface area contributed by atoms with Crippen LogP contribution in [0.2, 0.25) is 0 Å². The molecule has 1 aliphatic heterocycles. The van der Waals surface area contributed by atoms with Gasteiger partial charge in [0.2, 0.25) is 22.7 Å². The third-order valence-corrected chi connectivity index (χ3v) is 11.9. The zero-order chi connectivity index (χ0) is 28.5. The van der Waals surface area contributed by atoms with Crippen LogP contribution in [-0.2, 0) is 37.4 Å². The molecule has 1 amide bonds. The molecule has 3 aliphatic rings. The number of rotatable bonds is 13. The summed E-state index contributed by atoms with van der Waals surface area (Å²) in [5.74, 6) is 0.988. The second-order valence-corrected chi connectivity index (χ2v) is 14.6. The Morgan fingerprint density at radius 1 is 1.18 bits per heavy atom. The topological polar surface area (TPSA) is 102 Å². The minimum atomic E-state index is -3.93. The summed E-state index contributed by atoms with van der Waals surface area (Å²) in [7, 11) is -2.37. The summed E-state index contributed by atoms with van der Waals surface area (Å²) in [5, 5.41) is 1.95. The number of amides is 1. The molecule has 0 N–H and O–H groups in total. The van der Waals surface area contributed by atoms with E-state index in [1.165, 1.54) is 4.31 Å². The lowest BCUT2D eigenvalue weighted by atomic mass is 9.70. The minimum Gasteiger partial charge on any atom is -0.454 e. The van der Waals surface area contributed by atoms with Gasteiger partial charge in [-0.05, 0) is 59.7 Å². The van der Waals surface area contributed by atoms with Crippen molar-refractivity contribution in [3.63, 3.8) is 0 Å². The number of methoxy groups -OCH3 is 1. The van der Waals surface area contributed by atoms with Gasteiger partial charge < -0.3 is 19.1 Å². The largest absolute Gasteiger partial charge is 0.454 e. The number of fused-ring (bicyclic) bond motifs is 3. The number of carbonyl (C=O) groups is 2. The van der Waals surface area contributed by atoms with Crippen LogP contribution in [0.15, 0.2) is 35.7 Å². The van der Waals surface area contributed by atoms with Gasteiger partial charge >= 0.3 is 0 Å². The third kappa shape index (κ3) is 5.53. The molecule has 0 saturated heterocycles. The zero-order valence-corrected chi connectivity index (χ0v) is 25.0. The Balaban J connectivity index is 1.38. The summed E-state index contributed by atoms with van der Waals surface area (Å²) < 4.78 is 45.4. The summed E-state index contributed by atoms with van der Waals surface area (Å²) in [6.07, 6.45) is 2.33. The van der Waals surface area contributed by atoms with Gasteiger partial charge in [-0.2, -0.15) is 4.31 Å². The van der Waals surface area contributed by atoms with E-state index in [0.29, 0.717) is 43.9 Å². The molecule has 2 unspecified atom stereocenters. The number of thiophene rings is 1. The van der Waals surface area contributed by atoms with Gasteiger partial charge in [0, 0.05) is 43.5 Å². The molecule has 2 atom stereocenters. The third-order valence-electron chi connectivity index (χ3n) is 9.12. The summed E-state index contributed by atoms with van der Waals surface area (Å²) in [6.45, 7) is 5.08. The van der Waals surface area contributed by atoms with Crippen LogP contribution < -0.4 is 9.47 Å². The number of hydrogen-bond donors (Lipinski definition) is 0. The van der Waals surface area contributed by atoms with Crippen LogP contribution in [0.3, 0.4) is 0 Å². The molecular weight excluding hydrogens is 552 g/mol. The number of Topliss-reactive ketones (excluding diaryl/α,β-unsaturated/α-hetero) is 1. The lowest BCUT2D eigenvalue weighted by Gasteiger charge is -2.38. The van der Waals surface area contributed by atoms with E-state index in [4.69, 9.17) is 14.2 Å². The predicted octanol–water partition coefficient (Wildman–Crippen LogP) is 4.07. The lowest BCUT2D eigenvalue weighted by Crippen LogP contribution is -2.49. The SMILES string of the molecule is COCCCN(CC(=O)N(Cc1ccc2c(c1)OCO2)Cc1cccs1)S(=O)(=O)CC12CCC(CC1=O)C2(C)C. The van der Waals surface area contributed by atoms with Crippen LogP contribution in [0.25, 0.3) is 0 Å². The molecular formula is C29H38N2O7S2. The van der Waals surface area contributed by atoms with Crippen LogP contribution >= 0.6 is 11.3 Å². The van der Waals surface area contributed by atoms with Crippen molar-refractivity contribution in [2.24, 2.45) is 16.7 Å². The fourth-order valence-corrected chi connectivity index (χ4v) is 9.46. The first-order valence-electron chi connectivity index (χ1n) is 13.7. The molecule has 40 heavy (non-hydrogen) atoms. The molecule has 2 heterocycles. The van der Waals surface area contributed by atoms with Crippen molar-refractivity contribution in [1.82, 2.24) is 9.21 Å². The van der Waals surface area contributed by atoms with Gasteiger partial charge in [-0.3, -0.25) is 9.59 Å². The van der Waals surface area contributed by atoms with Gasteiger partial charge in [0.15, 0.2) is 11.5 Å². The molecule has 2 fully saturated rings. The number of benzene rings is 1. The Labute approximate surface area is 240 Å². The number of hydrogen-bond acceptors (Lipinski definition) is 8. The number of nitrogens with zero attached hydrogens (tertiary/aromatic N) is 2. The highest BCUT2D eigenvalue weighted by atomic mass is 32.2. The van der Waals surface area contributed by atoms with Crippen LogP contribution in [-0.4, -0.2) is 68.7 Å². The molecule has 0 spiro atoms. The molecule has 5 rings (SSSR count). The Bertz CT molecular complexity index is 1340. The zero-order valence-electron chi connectivity index (χ0n) is 23.4. The predicted molar refractivity (Wildman–Crippen MR) is 152 cm³/mol. The first-order chi connectivity index (χ1) is 19.1. The van der Waals surface area contributed by atoms with Gasteiger partial charge in [0.1, 0.15) is 5.78 Å². The molecule has 9 nitrogen and oxygen atoms in total. The van der Waals surface area contributed by atoms with E-state index < -0.39 is 15.4 Å². The average Bonchev–Trinajstić information content (AvgIpc) is 3.67. The molecule has 2 aromatic rings. The molecule has 11 heteroatoms. The second kappa shape index (κ2) is 11.4. The highest BCUT2D eigenvalue weighted by Gasteiger charge is 2.65. The van der Waals surface area contributed by atoms with Crippen LogP contribution in [0, 0.1) is 16.7 Å². The molecule has 218 valence electrons. The normalized spacial score (nSPS) is 22.8. The van der Waals surface area contributed by atoms with Gasteiger partial charge in [0.25, 0.3) is 0 Å². The maximum absolute atomic E-state index is 14.0. The first-order valence-corrected chi connectivity index (χ1v) is 16.2. The van der Waals surface area contributed by atoms with Crippen molar-refractivity contribution in [3.05, 3.63) is 46.2 Å². The second-order valence-electron chi connectivity index (χ2n) is 11.6. The van der Waals surface area contributed by atoms with E-state index in [1.54, 1.807) is 23.3 Å². The average molecular weight is 591 g/mol. The molecule has 2 saturated carbocycles. The number of ketones is 1. The van der Waals surface area contributed by atoms with Gasteiger partial charge in [-0.15, -0.1) is 11.3 Å². The summed E-state index contributed by atoms with van der Waals surface area (Å²) in [5.41, 5.74) is -0.427. The molecule has 1 aromatic carbocycles.